The van der Waals surface area contributed by atoms with Gasteiger partial charge in [-0.25, -0.2) is 12.8 Å². The Balaban J connectivity index is 1.63. The minimum Gasteiger partial charge on any atom is -0.486 e. The van der Waals surface area contributed by atoms with Gasteiger partial charge in [-0.3, -0.25) is 0 Å². The lowest BCUT2D eigenvalue weighted by atomic mass is 10.2. The van der Waals surface area contributed by atoms with Crippen LogP contribution in [0, 0.1) is 12.7 Å². The summed E-state index contributed by atoms with van der Waals surface area (Å²) in [4.78, 5) is 4.14. The molecule has 1 aromatic heterocycles. The molecule has 0 fully saturated rings. The number of anilines is 2. The fourth-order valence-electron chi connectivity index (χ4n) is 3.39. The first-order valence-electron chi connectivity index (χ1n) is 10.2. The molecular weight excluding hydrogens is 447 g/mol. The number of ether oxygens (including phenoxy) is 2. The molecule has 5 rings (SSSR count). The number of sulfone groups is 1. The molecule has 7 nitrogen and oxygen atoms in total. The maximum Gasteiger partial charge on any atom is 0.238 e. The Morgan fingerprint density at radius 1 is 0.939 bits per heavy atom. The maximum absolute atomic E-state index is 14.4. The zero-order valence-corrected chi connectivity index (χ0v) is 18.4. The van der Waals surface area contributed by atoms with Crippen molar-refractivity contribution in [2.45, 2.75) is 16.8 Å². The fourth-order valence-corrected chi connectivity index (χ4v) is 4.66. The van der Waals surface area contributed by atoms with Crippen LogP contribution in [0.5, 0.6) is 11.5 Å². The van der Waals surface area contributed by atoms with Crippen molar-refractivity contribution in [3.8, 4) is 23.0 Å². The van der Waals surface area contributed by atoms with Gasteiger partial charge in [0.15, 0.2) is 11.5 Å². The third-order valence-electron chi connectivity index (χ3n) is 5.09. The molecule has 33 heavy (non-hydrogen) atoms. The van der Waals surface area contributed by atoms with E-state index in [2.05, 4.69) is 10.3 Å². The van der Waals surface area contributed by atoms with Crippen molar-refractivity contribution in [3.05, 3.63) is 78.1 Å². The standard InChI is InChI=1S/C24H19FN2O5S/c1-15-6-8-16(9-7-15)26-23-24(27-22(32-23)18-4-2-3-5-19(18)25)33(28,29)17-10-11-20-21(14-17)31-13-12-30-20/h2-11,14,26H,12-13H2,1H3. The average Bonchev–Trinajstić information content (AvgIpc) is 3.25. The molecule has 0 saturated carbocycles. The number of hydrogen-bond donors (Lipinski definition) is 1. The van der Waals surface area contributed by atoms with Gasteiger partial charge in [-0.15, -0.1) is 0 Å². The number of aromatic nitrogens is 1. The highest BCUT2D eigenvalue weighted by molar-refractivity contribution is 7.91. The quantitative estimate of drug-likeness (QED) is 0.436. The SMILES string of the molecule is Cc1ccc(Nc2oc(-c3ccccc3F)nc2S(=O)(=O)c2ccc3c(c2)OCCO3)cc1. The molecule has 1 aliphatic rings. The summed E-state index contributed by atoms with van der Waals surface area (Å²) in [5.41, 5.74) is 1.68. The lowest BCUT2D eigenvalue weighted by molar-refractivity contribution is 0.171. The molecular formula is C24H19FN2O5S. The molecule has 0 amide bonds. The monoisotopic (exact) mass is 466 g/mol. The van der Waals surface area contributed by atoms with Crippen molar-refractivity contribution >= 4 is 21.4 Å². The van der Waals surface area contributed by atoms with Crippen LogP contribution in [-0.4, -0.2) is 26.6 Å². The second kappa shape index (κ2) is 8.25. The van der Waals surface area contributed by atoms with Crippen molar-refractivity contribution in [2.75, 3.05) is 18.5 Å². The van der Waals surface area contributed by atoms with E-state index in [4.69, 9.17) is 13.9 Å². The maximum atomic E-state index is 14.4. The van der Waals surface area contributed by atoms with E-state index < -0.39 is 15.7 Å². The molecule has 2 heterocycles. The van der Waals surface area contributed by atoms with Crippen molar-refractivity contribution in [1.82, 2.24) is 4.98 Å². The van der Waals surface area contributed by atoms with Gasteiger partial charge in [0.1, 0.15) is 19.0 Å². The van der Waals surface area contributed by atoms with Crippen LogP contribution < -0.4 is 14.8 Å². The van der Waals surface area contributed by atoms with E-state index in [1.54, 1.807) is 18.2 Å². The van der Waals surface area contributed by atoms with Gasteiger partial charge in [0, 0.05) is 11.8 Å². The minimum atomic E-state index is -4.16. The third kappa shape index (κ3) is 4.03. The summed E-state index contributed by atoms with van der Waals surface area (Å²) < 4.78 is 58.3. The number of benzene rings is 3. The number of oxazole rings is 1. The summed E-state index contributed by atoms with van der Waals surface area (Å²) in [6, 6.07) is 17.5. The molecule has 1 N–H and O–H groups in total. The lowest BCUT2D eigenvalue weighted by Gasteiger charge is -2.18. The first kappa shape index (κ1) is 21.0. The Hall–Kier alpha value is -3.85. The Labute approximate surface area is 189 Å². The van der Waals surface area contributed by atoms with Crippen molar-refractivity contribution in [1.29, 1.82) is 0 Å². The van der Waals surface area contributed by atoms with Crippen LogP contribution in [0.25, 0.3) is 11.5 Å². The van der Waals surface area contributed by atoms with Crippen LogP contribution in [0.3, 0.4) is 0 Å². The average molecular weight is 466 g/mol. The Kier molecular flexibility index (Phi) is 5.26. The van der Waals surface area contributed by atoms with Crippen LogP contribution in [-0.2, 0) is 9.84 Å². The molecule has 0 radical (unpaired) electrons. The van der Waals surface area contributed by atoms with Gasteiger partial charge in [0.25, 0.3) is 0 Å². The lowest BCUT2D eigenvalue weighted by Crippen LogP contribution is -2.16. The smallest absolute Gasteiger partial charge is 0.238 e. The number of nitrogens with one attached hydrogen (secondary N) is 1. The molecule has 0 unspecified atom stereocenters. The Bertz CT molecular complexity index is 1430. The number of fused-ring (bicyclic) bond motifs is 1. The molecule has 0 bridgehead atoms. The Morgan fingerprint density at radius 2 is 1.67 bits per heavy atom. The van der Waals surface area contributed by atoms with Crippen LogP contribution >= 0.6 is 0 Å². The summed E-state index contributed by atoms with van der Waals surface area (Å²) >= 11 is 0. The number of hydrogen-bond acceptors (Lipinski definition) is 7. The van der Waals surface area contributed by atoms with Gasteiger partial charge in [-0.1, -0.05) is 29.8 Å². The fraction of sp³-hybridized carbons (Fsp3) is 0.125. The molecule has 1 aliphatic heterocycles. The van der Waals surface area contributed by atoms with Crippen molar-refractivity contribution in [2.24, 2.45) is 0 Å². The molecule has 0 saturated heterocycles. The Morgan fingerprint density at radius 3 is 2.42 bits per heavy atom. The van der Waals surface area contributed by atoms with Crippen molar-refractivity contribution < 1.29 is 26.7 Å². The predicted octanol–water partition coefficient (Wildman–Crippen LogP) is 5.14. The normalized spacial score (nSPS) is 13.0. The van der Waals surface area contributed by atoms with Crippen molar-refractivity contribution in [3.63, 3.8) is 0 Å². The molecule has 9 heteroatoms. The summed E-state index contributed by atoms with van der Waals surface area (Å²) in [7, 11) is -4.16. The van der Waals surface area contributed by atoms with E-state index in [1.165, 1.54) is 36.4 Å². The third-order valence-corrected chi connectivity index (χ3v) is 6.75. The number of nitrogens with zero attached hydrogens (tertiary/aromatic N) is 1. The van der Waals surface area contributed by atoms with E-state index in [0.717, 1.165) is 5.56 Å². The topological polar surface area (TPSA) is 90.7 Å². The van der Waals surface area contributed by atoms with Gasteiger partial charge in [-0.2, -0.15) is 4.98 Å². The van der Waals surface area contributed by atoms with Gasteiger partial charge >= 0.3 is 0 Å². The van der Waals surface area contributed by atoms with E-state index in [1.807, 2.05) is 19.1 Å². The first-order valence-corrected chi connectivity index (χ1v) is 11.6. The van der Waals surface area contributed by atoms with Crippen LogP contribution in [0.1, 0.15) is 5.56 Å². The highest BCUT2D eigenvalue weighted by Gasteiger charge is 2.30. The molecule has 0 aliphatic carbocycles. The van der Waals surface area contributed by atoms with Gasteiger partial charge < -0.3 is 19.2 Å². The summed E-state index contributed by atoms with van der Waals surface area (Å²) in [5, 5.41) is 2.60. The highest BCUT2D eigenvalue weighted by Crippen LogP contribution is 2.38. The highest BCUT2D eigenvalue weighted by atomic mass is 32.2. The summed E-state index contributed by atoms with van der Waals surface area (Å²) in [5.74, 6) is -0.0617. The largest absolute Gasteiger partial charge is 0.486 e. The zero-order valence-electron chi connectivity index (χ0n) is 17.5. The van der Waals surface area contributed by atoms with Crippen LogP contribution in [0.15, 0.2) is 81.1 Å². The molecule has 168 valence electrons. The number of rotatable bonds is 5. The number of halogens is 1. The molecule has 0 spiro atoms. The van der Waals surface area contributed by atoms with E-state index in [9.17, 15) is 12.8 Å². The molecule has 4 aromatic rings. The van der Waals surface area contributed by atoms with Gasteiger partial charge in [0.05, 0.1) is 10.5 Å². The first-order chi connectivity index (χ1) is 15.9. The predicted molar refractivity (Wildman–Crippen MR) is 119 cm³/mol. The molecule has 3 aromatic carbocycles. The van der Waals surface area contributed by atoms with E-state index in [-0.39, 0.29) is 27.3 Å². The zero-order chi connectivity index (χ0) is 23.0. The van der Waals surface area contributed by atoms with Crippen LogP contribution in [0.2, 0.25) is 0 Å². The molecule has 0 atom stereocenters. The summed E-state index contributed by atoms with van der Waals surface area (Å²) in [6.45, 7) is 2.64. The van der Waals surface area contributed by atoms with Gasteiger partial charge in [0.2, 0.25) is 26.6 Å². The number of aryl methyl sites for hydroxylation is 1. The summed E-state index contributed by atoms with van der Waals surface area (Å²) in [6.07, 6.45) is 0. The van der Waals surface area contributed by atoms with E-state index >= 15 is 0 Å². The minimum absolute atomic E-state index is 0.0490. The van der Waals surface area contributed by atoms with Gasteiger partial charge in [-0.05, 0) is 43.3 Å². The van der Waals surface area contributed by atoms with E-state index in [0.29, 0.717) is 30.4 Å². The second-order valence-corrected chi connectivity index (χ2v) is 9.30. The second-order valence-electron chi connectivity index (χ2n) is 7.43. The van der Waals surface area contributed by atoms with Crippen LogP contribution in [0.4, 0.5) is 16.0 Å².